The second-order valence-electron chi connectivity index (χ2n) is 7.82. The van der Waals surface area contributed by atoms with Crippen LogP contribution in [-0.4, -0.2) is 28.9 Å². The minimum atomic E-state index is -0.869. The van der Waals surface area contributed by atoms with E-state index >= 15 is 0 Å². The molecule has 34 heavy (non-hydrogen) atoms. The summed E-state index contributed by atoms with van der Waals surface area (Å²) in [4.78, 5) is 23.3. The highest BCUT2D eigenvalue weighted by molar-refractivity contribution is 5.91. The van der Waals surface area contributed by atoms with Gasteiger partial charge in [-0.2, -0.15) is 0 Å². The maximum atomic E-state index is 12.3. The molecule has 0 aliphatic carbocycles. The first-order valence-electron chi connectivity index (χ1n) is 10.8. The fourth-order valence-corrected chi connectivity index (χ4v) is 3.61. The molecule has 1 heterocycles. The molecule has 0 spiro atoms. The highest BCUT2D eigenvalue weighted by Crippen LogP contribution is 2.32. The van der Waals surface area contributed by atoms with Gasteiger partial charge in [0.15, 0.2) is 5.76 Å². The van der Waals surface area contributed by atoms with Gasteiger partial charge in [-0.15, -0.1) is 0 Å². The topological polar surface area (TPSA) is 102 Å². The number of benzene rings is 3. The van der Waals surface area contributed by atoms with Crippen molar-refractivity contribution in [3.05, 3.63) is 95.7 Å². The number of carbonyl (C=O) groups excluding carboxylic acids is 1. The van der Waals surface area contributed by atoms with E-state index in [0.29, 0.717) is 23.6 Å². The van der Waals surface area contributed by atoms with Crippen LogP contribution in [0.25, 0.3) is 22.5 Å². The zero-order valence-electron chi connectivity index (χ0n) is 18.7. The molecule has 0 saturated carbocycles. The summed E-state index contributed by atoms with van der Waals surface area (Å²) < 4.78 is 10.8. The minimum absolute atomic E-state index is 0.0280. The second-order valence-corrected chi connectivity index (χ2v) is 7.82. The summed E-state index contributed by atoms with van der Waals surface area (Å²) in [5.74, 6) is -0.435. The lowest BCUT2D eigenvalue weighted by Crippen LogP contribution is -2.16. The van der Waals surface area contributed by atoms with Crippen molar-refractivity contribution in [2.24, 2.45) is 0 Å². The Hall–Kier alpha value is -4.39. The number of carboxylic acid groups (broad SMARTS) is 1. The Balaban J connectivity index is 1.44. The molecule has 0 aliphatic heterocycles. The number of anilines is 1. The lowest BCUT2D eigenvalue weighted by Gasteiger charge is -2.08. The van der Waals surface area contributed by atoms with Crippen molar-refractivity contribution in [1.29, 1.82) is 0 Å². The van der Waals surface area contributed by atoms with Gasteiger partial charge in [0, 0.05) is 12.0 Å². The standard InChI is InChI=1S/C27H24N2O5/c1-18-25(28-27(32)33-15-14-19-6-3-2-4-7-19)26(34-29-18)22-12-10-21(11-13-22)23-9-5-8-20(16-23)17-24(30)31/h2-13,16H,14-15,17H2,1H3,(H,28,32)(H,30,31). The summed E-state index contributed by atoms with van der Waals surface area (Å²) >= 11 is 0. The number of hydrogen-bond donors (Lipinski definition) is 2. The van der Waals surface area contributed by atoms with Gasteiger partial charge in [-0.1, -0.05) is 84.0 Å². The van der Waals surface area contributed by atoms with E-state index in [1.54, 1.807) is 13.0 Å². The maximum Gasteiger partial charge on any atom is 0.411 e. The lowest BCUT2D eigenvalue weighted by molar-refractivity contribution is -0.136. The van der Waals surface area contributed by atoms with Crippen molar-refractivity contribution in [3.8, 4) is 22.5 Å². The van der Waals surface area contributed by atoms with Crippen molar-refractivity contribution >= 4 is 17.7 Å². The van der Waals surface area contributed by atoms with Gasteiger partial charge in [0.2, 0.25) is 0 Å². The number of ether oxygens (including phenoxy) is 1. The van der Waals surface area contributed by atoms with Crippen LogP contribution in [0.5, 0.6) is 0 Å². The Morgan fingerprint density at radius 3 is 2.35 bits per heavy atom. The minimum Gasteiger partial charge on any atom is -0.481 e. The Kier molecular flexibility index (Phi) is 7.03. The summed E-state index contributed by atoms with van der Waals surface area (Å²) in [5.41, 5.74) is 5.41. The molecular weight excluding hydrogens is 432 g/mol. The van der Waals surface area contributed by atoms with Gasteiger partial charge < -0.3 is 14.4 Å². The Morgan fingerprint density at radius 2 is 1.62 bits per heavy atom. The molecule has 1 amide bonds. The van der Waals surface area contributed by atoms with E-state index in [1.165, 1.54) is 0 Å². The summed E-state index contributed by atoms with van der Waals surface area (Å²) in [6.07, 6.45) is 0.0221. The molecule has 7 nitrogen and oxygen atoms in total. The molecule has 3 aromatic carbocycles. The summed E-state index contributed by atoms with van der Waals surface area (Å²) in [6, 6.07) is 24.8. The van der Waals surface area contributed by atoms with Crippen molar-refractivity contribution < 1.29 is 24.0 Å². The van der Waals surface area contributed by atoms with Crippen LogP contribution in [0.4, 0.5) is 10.5 Å². The number of rotatable bonds is 8. The molecule has 4 aromatic rings. The zero-order chi connectivity index (χ0) is 23.9. The van der Waals surface area contributed by atoms with E-state index in [4.69, 9.17) is 14.4 Å². The molecule has 0 saturated heterocycles. The predicted molar refractivity (Wildman–Crippen MR) is 129 cm³/mol. The number of aliphatic carboxylic acids is 1. The zero-order valence-corrected chi connectivity index (χ0v) is 18.7. The summed E-state index contributed by atoms with van der Waals surface area (Å²) in [7, 11) is 0. The van der Waals surface area contributed by atoms with Gasteiger partial charge in [-0.25, -0.2) is 4.79 Å². The van der Waals surface area contributed by atoms with Crippen molar-refractivity contribution in [2.75, 3.05) is 11.9 Å². The number of amides is 1. The van der Waals surface area contributed by atoms with Gasteiger partial charge in [-0.3, -0.25) is 10.1 Å². The van der Waals surface area contributed by atoms with Crippen molar-refractivity contribution in [3.63, 3.8) is 0 Å². The van der Waals surface area contributed by atoms with E-state index in [1.807, 2.05) is 72.8 Å². The van der Waals surface area contributed by atoms with Crippen molar-refractivity contribution in [1.82, 2.24) is 5.16 Å². The molecule has 172 valence electrons. The third-order valence-corrected chi connectivity index (χ3v) is 5.32. The monoisotopic (exact) mass is 456 g/mol. The van der Waals surface area contributed by atoms with Crippen LogP contribution in [0.3, 0.4) is 0 Å². The first-order chi connectivity index (χ1) is 16.5. The van der Waals surface area contributed by atoms with Gasteiger partial charge >= 0.3 is 12.1 Å². The van der Waals surface area contributed by atoms with Crippen LogP contribution in [-0.2, 0) is 22.4 Å². The van der Waals surface area contributed by atoms with Crippen LogP contribution in [0.1, 0.15) is 16.8 Å². The molecule has 0 bridgehead atoms. The van der Waals surface area contributed by atoms with Crippen molar-refractivity contribution in [2.45, 2.75) is 19.8 Å². The number of carbonyl (C=O) groups is 2. The Labute approximate surface area is 197 Å². The molecule has 2 N–H and O–H groups in total. The molecule has 0 atom stereocenters. The SMILES string of the molecule is Cc1noc(-c2ccc(-c3cccc(CC(=O)O)c3)cc2)c1NC(=O)OCCc1ccccc1. The number of aromatic nitrogens is 1. The van der Waals surface area contributed by atoms with E-state index < -0.39 is 12.1 Å². The third-order valence-electron chi connectivity index (χ3n) is 5.32. The molecule has 4 rings (SSSR count). The van der Waals surface area contributed by atoms with E-state index in [9.17, 15) is 9.59 Å². The average Bonchev–Trinajstić information content (AvgIpc) is 3.19. The first kappa shape index (κ1) is 22.8. The normalized spacial score (nSPS) is 10.6. The average molecular weight is 456 g/mol. The van der Waals surface area contributed by atoms with Crippen LogP contribution < -0.4 is 5.32 Å². The number of nitrogens with one attached hydrogen (secondary N) is 1. The largest absolute Gasteiger partial charge is 0.481 e. The van der Waals surface area contributed by atoms with E-state index in [-0.39, 0.29) is 13.0 Å². The molecule has 0 fully saturated rings. The van der Waals surface area contributed by atoms with Gasteiger partial charge in [0.1, 0.15) is 11.4 Å². The van der Waals surface area contributed by atoms with Crippen LogP contribution in [0.2, 0.25) is 0 Å². The van der Waals surface area contributed by atoms with Gasteiger partial charge in [0.05, 0.1) is 13.0 Å². The molecule has 0 radical (unpaired) electrons. The van der Waals surface area contributed by atoms with E-state index in [2.05, 4.69) is 10.5 Å². The Bertz CT molecular complexity index is 1280. The number of hydrogen-bond acceptors (Lipinski definition) is 5. The fourth-order valence-electron chi connectivity index (χ4n) is 3.61. The fraction of sp³-hybridized carbons (Fsp3) is 0.148. The van der Waals surface area contributed by atoms with Crippen LogP contribution in [0, 0.1) is 6.92 Å². The molecule has 1 aromatic heterocycles. The van der Waals surface area contributed by atoms with Gasteiger partial charge in [-0.05, 0) is 29.2 Å². The van der Waals surface area contributed by atoms with Gasteiger partial charge in [0.25, 0.3) is 0 Å². The Morgan fingerprint density at radius 1 is 0.912 bits per heavy atom. The highest BCUT2D eigenvalue weighted by atomic mass is 16.5. The molecule has 7 heteroatoms. The van der Waals surface area contributed by atoms with Crippen LogP contribution in [0.15, 0.2) is 83.4 Å². The number of carboxylic acids is 1. The van der Waals surface area contributed by atoms with E-state index in [0.717, 1.165) is 27.8 Å². The highest BCUT2D eigenvalue weighted by Gasteiger charge is 2.18. The maximum absolute atomic E-state index is 12.3. The lowest BCUT2D eigenvalue weighted by atomic mass is 10.00. The number of aryl methyl sites for hydroxylation is 1. The molecule has 0 unspecified atom stereocenters. The smallest absolute Gasteiger partial charge is 0.411 e. The quantitative estimate of drug-likeness (QED) is 0.351. The molecule has 0 aliphatic rings. The summed E-state index contributed by atoms with van der Waals surface area (Å²) in [5, 5.41) is 15.8. The number of nitrogens with zero attached hydrogens (tertiary/aromatic N) is 1. The summed E-state index contributed by atoms with van der Waals surface area (Å²) in [6.45, 7) is 2.00. The predicted octanol–water partition coefficient (Wildman–Crippen LogP) is 5.74. The third kappa shape index (κ3) is 5.69. The molecular formula is C27H24N2O5. The van der Waals surface area contributed by atoms with Crippen LogP contribution >= 0.6 is 0 Å². The first-order valence-corrected chi connectivity index (χ1v) is 10.8. The second kappa shape index (κ2) is 10.5.